The van der Waals surface area contributed by atoms with Crippen LogP contribution in [0, 0.1) is 28.8 Å². The third kappa shape index (κ3) is 4.71. The monoisotopic (exact) mass is 495 g/mol. The van der Waals surface area contributed by atoms with Gasteiger partial charge in [0.25, 0.3) is 0 Å². The smallest absolute Gasteiger partial charge is 0.161 e. The Morgan fingerprint density at radius 3 is 2.49 bits per heavy atom. The van der Waals surface area contributed by atoms with Gasteiger partial charge in [-0.15, -0.1) is 0 Å². The molecule has 1 aliphatic carbocycles. The first kappa shape index (κ1) is 23.3. The van der Waals surface area contributed by atoms with E-state index in [4.69, 9.17) is 21.6 Å². The van der Waals surface area contributed by atoms with Gasteiger partial charge in [0.15, 0.2) is 11.6 Å². The van der Waals surface area contributed by atoms with E-state index >= 15 is 0 Å². The second kappa shape index (κ2) is 9.63. The highest BCUT2D eigenvalue weighted by Crippen LogP contribution is 2.37. The predicted molar refractivity (Wildman–Crippen MR) is 128 cm³/mol. The van der Waals surface area contributed by atoms with Crippen molar-refractivity contribution in [2.45, 2.75) is 44.8 Å². The van der Waals surface area contributed by atoms with Crippen LogP contribution in [0.25, 0.3) is 22.4 Å². The number of hydrogen-bond donors (Lipinski definition) is 0. The van der Waals surface area contributed by atoms with Gasteiger partial charge in [-0.2, -0.15) is 5.26 Å². The highest BCUT2D eigenvalue weighted by atomic mass is 35.5. The first-order valence-corrected chi connectivity index (χ1v) is 11.8. The average molecular weight is 496 g/mol. The number of nitriles is 1. The van der Waals surface area contributed by atoms with Gasteiger partial charge in [-0.1, -0.05) is 24.1 Å². The molecule has 1 saturated carbocycles. The molecular formula is C27H21ClF3N3O. The number of nitrogens with zero attached hydrogens (tertiary/aromatic N) is 3. The van der Waals surface area contributed by atoms with Gasteiger partial charge < -0.3 is 9.30 Å². The summed E-state index contributed by atoms with van der Waals surface area (Å²) in [7, 11) is 0. The van der Waals surface area contributed by atoms with E-state index in [1.165, 1.54) is 18.6 Å². The van der Waals surface area contributed by atoms with E-state index in [1.807, 2.05) is 6.07 Å². The van der Waals surface area contributed by atoms with E-state index in [2.05, 4.69) is 4.98 Å². The molecule has 178 valence electrons. The van der Waals surface area contributed by atoms with Crippen molar-refractivity contribution in [1.29, 1.82) is 5.26 Å². The van der Waals surface area contributed by atoms with E-state index in [0.29, 0.717) is 27.7 Å². The average Bonchev–Trinajstić information content (AvgIpc) is 3.18. The number of fused-ring (bicyclic) bond motifs is 1. The fraction of sp³-hybridized carbons (Fsp3) is 0.259. The third-order valence-electron chi connectivity index (χ3n) is 6.33. The van der Waals surface area contributed by atoms with Gasteiger partial charge in [-0.3, -0.25) is 0 Å². The van der Waals surface area contributed by atoms with Crippen LogP contribution in [0.5, 0.6) is 5.75 Å². The number of aromatic nitrogens is 2. The fourth-order valence-electron chi connectivity index (χ4n) is 4.54. The van der Waals surface area contributed by atoms with Gasteiger partial charge in [0, 0.05) is 22.7 Å². The molecule has 1 aromatic heterocycles. The molecule has 0 saturated heterocycles. The Hall–Kier alpha value is -3.50. The lowest BCUT2D eigenvalue weighted by Gasteiger charge is -2.24. The summed E-state index contributed by atoms with van der Waals surface area (Å²) in [5, 5.41) is 9.54. The molecule has 0 unspecified atom stereocenters. The van der Waals surface area contributed by atoms with Gasteiger partial charge in [0.05, 0.1) is 40.9 Å². The van der Waals surface area contributed by atoms with Gasteiger partial charge in [-0.25, -0.2) is 18.2 Å². The molecule has 0 N–H and O–H groups in total. The van der Waals surface area contributed by atoms with Crippen LogP contribution in [-0.4, -0.2) is 15.7 Å². The van der Waals surface area contributed by atoms with Crippen molar-refractivity contribution in [2.24, 2.45) is 0 Å². The van der Waals surface area contributed by atoms with E-state index in [-0.39, 0.29) is 29.3 Å². The number of ether oxygens (including phenoxy) is 1. The first-order chi connectivity index (χ1) is 16.9. The van der Waals surface area contributed by atoms with Gasteiger partial charge in [0.2, 0.25) is 0 Å². The van der Waals surface area contributed by atoms with Crippen molar-refractivity contribution in [2.75, 3.05) is 0 Å². The molecule has 0 aliphatic heterocycles. The number of benzene rings is 3. The summed E-state index contributed by atoms with van der Waals surface area (Å²) in [6.45, 7) is -0.0139. The molecule has 0 amide bonds. The molecule has 4 aromatic rings. The number of rotatable bonds is 5. The molecule has 5 rings (SSSR count). The Kier molecular flexibility index (Phi) is 6.40. The molecule has 8 heteroatoms. The van der Waals surface area contributed by atoms with Crippen molar-refractivity contribution < 1.29 is 17.9 Å². The van der Waals surface area contributed by atoms with Crippen LogP contribution in [-0.2, 0) is 6.54 Å². The van der Waals surface area contributed by atoms with Crippen LogP contribution in [0.15, 0.2) is 48.5 Å². The third-order valence-corrected chi connectivity index (χ3v) is 6.57. The first-order valence-electron chi connectivity index (χ1n) is 11.4. The zero-order valence-corrected chi connectivity index (χ0v) is 19.5. The maximum Gasteiger partial charge on any atom is 0.161 e. The second-order valence-electron chi connectivity index (χ2n) is 8.71. The zero-order chi connectivity index (χ0) is 24.5. The maximum absolute atomic E-state index is 14.8. The lowest BCUT2D eigenvalue weighted by molar-refractivity contribution is 0.155. The van der Waals surface area contributed by atoms with E-state index in [1.54, 1.807) is 22.8 Å². The lowest BCUT2D eigenvalue weighted by Crippen LogP contribution is -2.20. The predicted octanol–water partition coefficient (Wildman–Crippen LogP) is 7.41. The van der Waals surface area contributed by atoms with E-state index < -0.39 is 17.5 Å². The number of halogens is 4. The molecule has 0 atom stereocenters. The Balaban J connectivity index is 1.66. The summed E-state index contributed by atoms with van der Waals surface area (Å²) in [4.78, 5) is 4.59. The maximum atomic E-state index is 14.8. The number of hydrogen-bond acceptors (Lipinski definition) is 3. The summed E-state index contributed by atoms with van der Waals surface area (Å²) in [5.74, 6) is -1.74. The Labute approximate surface area is 205 Å². The summed E-state index contributed by atoms with van der Waals surface area (Å²) < 4.78 is 51.0. The highest BCUT2D eigenvalue weighted by Gasteiger charge is 2.22. The van der Waals surface area contributed by atoms with Crippen LogP contribution in [0.2, 0.25) is 5.02 Å². The Bertz CT molecular complexity index is 1450. The van der Waals surface area contributed by atoms with Crippen LogP contribution in [0.3, 0.4) is 0 Å². The minimum absolute atomic E-state index is 0.0139. The van der Waals surface area contributed by atoms with E-state index in [9.17, 15) is 13.2 Å². The normalized spacial score (nSPS) is 14.3. The molecule has 35 heavy (non-hydrogen) atoms. The van der Waals surface area contributed by atoms with Gasteiger partial charge in [0.1, 0.15) is 17.4 Å². The van der Waals surface area contributed by atoms with Crippen molar-refractivity contribution >= 4 is 22.6 Å². The molecule has 1 fully saturated rings. The standard InChI is InChI=1S/C27H21ClF3N3O/c28-18-8-9-20(26(11-18)35-19-4-2-1-3-5-19)27-33-24-12-22(30)23(31)13-25(24)34(27)15-17-7-6-16(14-32)10-21(17)29/h6-13,19H,1-5,15H2. The van der Waals surface area contributed by atoms with Crippen molar-refractivity contribution in [3.63, 3.8) is 0 Å². The SMILES string of the molecule is N#Cc1ccc(Cn2c(-c3ccc(Cl)cc3OC3CCCCC3)nc3cc(F)c(F)cc32)c(F)c1. The van der Waals surface area contributed by atoms with Crippen molar-refractivity contribution in [1.82, 2.24) is 9.55 Å². The van der Waals surface area contributed by atoms with Crippen LogP contribution < -0.4 is 4.74 Å². The molecule has 3 aromatic carbocycles. The fourth-order valence-corrected chi connectivity index (χ4v) is 4.70. The van der Waals surface area contributed by atoms with Crippen LogP contribution >= 0.6 is 11.6 Å². The highest BCUT2D eigenvalue weighted by molar-refractivity contribution is 6.30. The summed E-state index contributed by atoms with van der Waals surface area (Å²) >= 11 is 6.28. The van der Waals surface area contributed by atoms with Crippen molar-refractivity contribution in [3.05, 3.63) is 82.1 Å². The second-order valence-corrected chi connectivity index (χ2v) is 9.15. The summed E-state index contributed by atoms with van der Waals surface area (Å²) in [6, 6.07) is 13.3. The quantitative estimate of drug-likeness (QED) is 0.290. The van der Waals surface area contributed by atoms with E-state index in [0.717, 1.165) is 43.9 Å². The molecular weight excluding hydrogens is 475 g/mol. The van der Waals surface area contributed by atoms with Crippen molar-refractivity contribution in [3.8, 4) is 23.2 Å². The van der Waals surface area contributed by atoms with Gasteiger partial charge in [-0.05, 0) is 56.0 Å². The molecule has 1 aliphatic rings. The van der Waals surface area contributed by atoms with Crippen LogP contribution in [0.1, 0.15) is 43.2 Å². The largest absolute Gasteiger partial charge is 0.490 e. The number of imidazole rings is 1. The van der Waals surface area contributed by atoms with Gasteiger partial charge >= 0.3 is 0 Å². The molecule has 4 nitrogen and oxygen atoms in total. The summed E-state index contributed by atoms with van der Waals surface area (Å²) in [6.07, 6.45) is 5.21. The molecule has 1 heterocycles. The molecule has 0 radical (unpaired) electrons. The molecule has 0 spiro atoms. The molecule has 0 bridgehead atoms. The Morgan fingerprint density at radius 2 is 1.74 bits per heavy atom. The minimum Gasteiger partial charge on any atom is -0.490 e. The topological polar surface area (TPSA) is 50.8 Å². The summed E-state index contributed by atoms with van der Waals surface area (Å²) in [5.41, 5.74) is 1.59. The Morgan fingerprint density at radius 1 is 0.971 bits per heavy atom. The lowest BCUT2D eigenvalue weighted by atomic mass is 9.97. The minimum atomic E-state index is -1.03. The zero-order valence-electron chi connectivity index (χ0n) is 18.7. The van der Waals surface area contributed by atoms with Crippen LogP contribution in [0.4, 0.5) is 13.2 Å².